The third kappa shape index (κ3) is 2.80. The largest absolute Gasteiger partial charge is 0.398 e. The fraction of sp³-hybridized carbons (Fsp3) is 0. The smallest absolute Gasteiger partial charge is 0.256 e. The number of halogens is 2. The molecule has 3 N–H and O–H groups in total. The zero-order chi connectivity index (χ0) is 13.1. The summed E-state index contributed by atoms with van der Waals surface area (Å²) in [5.74, 6) is 0.161. The summed E-state index contributed by atoms with van der Waals surface area (Å²) < 4.78 is 0.709. The second-order valence-electron chi connectivity index (χ2n) is 3.52. The summed E-state index contributed by atoms with van der Waals surface area (Å²) in [7, 11) is 0. The Labute approximate surface area is 117 Å². The third-order valence-corrected chi connectivity index (χ3v) is 3.23. The standard InChI is InChI=1S/C12H9BrClN3O/c13-8-2-1-5-16-11(8)17-12(18)7-3-4-9(14)10(15)6-7/h1-6H,15H2,(H,16,17,18). The Morgan fingerprint density at radius 1 is 1.39 bits per heavy atom. The van der Waals surface area contributed by atoms with E-state index >= 15 is 0 Å². The highest BCUT2D eigenvalue weighted by Crippen LogP contribution is 2.22. The molecule has 18 heavy (non-hydrogen) atoms. The van der Waals surface area contributed by atoms with Crippen LogP contribution >= 0.6 is 27.5 Å². The monoisotopic (exact) mass is 325 g/mol. The van der Waals surface area contributed by atoms with E-state index in [0.717, 1.165) is 0 Å². The molecule has 2 rings (SSSR count). The van der Waals surface area contributed by atoms with E-state index in [1.165, 1.54) is 6.07 Å². The Kier molecular flexibility index (Phi) is 3.84. The molecule has 2 aromatic rings. The van der Waals surface area contributed by atoms with E-state index in [2.05, 4.69) is 26.2 Å². The maximum absolute atomic E-state index is 12.0. The molecule has 0 spiro atoms. The number of pyridine rings is 1. The van der Waals surface area contributed by atoms with Crippen molar-refractivity contribution in [3.05, 3.63) is 51.6 Å². The maximum atomic E-state index is 12.0. The van der Waals surface area contributed by atoms with Crippen LogP contribution in [0.15, 0.2) is 41.0 Å². The SMILES string of the molecule is Nc1cc(C(=O)Nc2ncccc2Br)ccc1Cl. The number of carbonyl (C=O) groups excluding carboxylic acids is 1. The van der Waals surface area contributed by atoms with Crippen LogP contribution in [0, 0.1) is 0 Å². The van der Waals surface area contributed by atoms with E-state index in [0.29, 0.717) is 26.6 Å². The number of aromatic nitrogens is 1. The van der Waals surface area contributed by atoms with Gasteiger partial charge in [0.2, 0.25) is 0 Å². The Balaban J connectivity index is 2.22. The molecule has 0 aliphatic heterocycles. The van der Waals surface area contributed by atoms with Gasteiger partial charge in [-0.1, -0.05) is 11.6 Å². The van der Waals surface area contributed by atoms with Crippen LogP contribution in [-0.2, 0) is 0 Å². The molecule has 1 heterocycles. The van der Waals surface area contributed by atoms with E-state index in [9.17, 15) is 4.79 Å². The number of amides is 1. The zero-order valence-electron chi connectivity index (χ0n) is 9.15. The van der Waals surface area contributed by atoms with E-state index < -0.39 is 0 Å². The van der Waals surface area contributed by atoms with Gasteiger partial charge in [0.25, 0.3) is 5.91 Å². The summed E-state index contributed by atoms with van der Waals surface area (Å²) in [5.41, 5.74) is 6.44. The van der Waals surface area contributed by atoms with Crippen LogP contribution in [0.5, 0.6) is 0 Å². The van der Waals surface area contributed by atoms with Gasteiger partial charge in [-0.2, -0.15) is 0 Å². The molecule has 0 saturated heterocycles. The summed E-state index contributed by atoms with van der Waals surface area (Å²) in [5, 5.41) is 3.10. The van der Waals surface area contributed by atoms with Crippen LogP contribution in [0.2, 0.25) is 5.02 Å². The van der Waals surface area contributed by atoms with Gasteiger partial charge in [0.1, 0.15) is 5.82 Å². The first-order valence-corrected chi connectivity index (χ1v) is 6.22. The van der Waals surface area contributed by atoms with Gasteiger partial charge in [-0.25, -0.2) is 4.98 Å². The topological polar surface area (TPSA) is 68.0 Å². The molecule has 0 bridgehead atoms. The molecule has 0 atom stereocenters. The molecular weight excluding hydrogens is 318 g/mol. The number of nitrogens with zero attached hydrogens (tertiary/aromatic N) is 1. The van der Waals surface area contributed by atoms with Crippen LogP contribution in [0.1, 0.15) is 10.4 Å². The predicted octanol–water partition coefficient (Wildman–Crippen LogP) is 3.33. The van der Waals surface area contributed by atoms with Crippen molar-refractivity contribution in [2.24, 2.45) is 0 Å². The van der Waals surface area contributed by atoms with Crippen LogP contribution in [0.4, 0.5) is 11.5 Å². The first-order valence-electron chi connectivity index (χ1n) is 5.05. The molecule has 0 radical (unpaired) electrons. The summed E-state index contributed by atoms with van der Waals surface area (Å²) >= 11 is 9.09. The molecule has 6 heteroatoms. The van der Waals surface area contributed by atoms with Gasteiger partial charge in [-0.15, -0.1) is 0 Å². The summed E-state index contributed by atoms with van der Waals surface area (Å²) in [6, 6.07) is 8.26. The van der Waals surface area contributed by atoms with Crippen LogP contribution in [-0.4, -0.2) is 10.9 Å². The minimum Gasteiger partial charge on any atom is -0.398 e. The minimum atomic E-state index is -0.294. The van der Waals surface area contributed by atoms with Crippen molar-refractivity contribution in [1.82, 2.24) is 4.98 Å². The highest BCUT2D eigenvalue weighted by atomic mass is 79.9. The Morgan fingerprint density at radius 3 is 2.83 bits per heavy atom. The van der Waals surface area contributed by atoms with Gasteiger partial charge in [0.05, 0.1) is 15.2 Å². The van der Waals surface area contributed by atoms with Crippen LogP contribution in [0.3, 0.4) is 0 Å². The van der Waals surface area contributed by atoms with Crippen LogP contribution < -0.4 is 11.1 Å². The van der Waals surface area contributed by atoms with Gasteiger partial charge >= 0.3 is 0 Å². The van der Waals surface area contributed by atoms with Crippen molar-refractivity contribution < 1.29 is 4.79 Å². The van der Waals surface area contributed by atoms with Gasteiger partial charge in [-0.3, -0.25) is 4.79 Å². The van der Waals surface area contributed by atoms with Gasteiger partial charge in [0.15, 0.2) is 0 Å². The number of nitrogens with one attached hydrogen (secondary N) is 1. The summed E-state index contributed by atoms with van der Waals surface area (Å²) in [6.07, 6.45) is 1.59. The Bertz CT molecular complexity index is 604. The molecule has 0 fully saturated rings. The number of nitrogen functional groups attached to an aromatic ring is 1. The van der Waals surface area contributed by atoms with Gasteiger partial charge < -0.3 is 11.1 Å². The van der Waals surface area contributed by atoms with Crippen molar-refractivity contribution >= 4 is 44.9 Å². The van der Waals surface area contributed by atoms with Gasteiger partial charge in [-0.05, 0) is 46.3 Å². The summed E-state index contributed by atoms with van der Waals surface area (Å²) in [4.78, 5) is 16.0. The minimum absolute atomic E-state index is 0.294. The average molecular weight is 327 g/mol. The molecule has 0 aliphatic carbocycles. The first kappa shape index (κ1) is 12.9. The molecular formula is C12H9BrClN3O. The highest BCUT2D eigenvalue weighted by Gasteiger charge is 2.10. The third-order valence-electron chi connectivity index (χ3n) is 2.25. The lowest BCUT2D eigenvalue weighted by molar-refractivity contribution is 0.102. The summed E-state index contributed by atoms with van der Waals surface area (Å²) in [6.45, 7) is 0. The molecule has 92 valence electrons. The number of anilines is 2. The van der Waals surface area contributed by atoms with Crippen molar-refractivity contribution in [3.63, 3.8) is 0 Å². The quantitative estimate of drug-likeness (QED) is 0.832. The zero-order valence-corrected chi connectivity index (χ0v) is 11.5. The molecule has 0 saturated carbocycles. The lowest BCUT2D eigenvalue weighted by Crippen LogP contribution is -2.13. The van der Waals surface area contributed by atoms with E-state index in [-0.39, 0.29) is 5.91 Å². The normalized spacial score (nSPS) is 10.1. The molecule has 1 aromatic heterocycles. The van der Waals surface area contributed by atoms with E-state index in [4.69, 9.17) is 17.3 Å². The fourth-order valence-corrected chi connectivity index (χ4v) is 1.81. The number of rotatable bonds is 2. The number of benzene rings is 1. The number of hydrogen-bond acceptors (Lipinski definition) is 3. The lowest BCUT2D eigenvalue weighted by atomic mass is 10.2. The lowest BCUT2D eigenvalue weighted by Gasteiger charge is -2.07. The Morgan fingerprint density at radius 2 is 2.17 bits per heavy atom. The number of hydrogen-bond donors (Lipinski definition) is 2. The molecule has 0 aliphatic rings. The van der Waals surface area contributed by atoms with Gasteiger partial charge in [0, 0.05) is 11.8 Å². The molecule has 1 amide bonds. The second-order valence-corrected chi connectivity index (χ2v) is 4.79. The van der Waals surface area contributed by atoms with Crippen molar-refractivity contribution in [3.8, 4) is 0 Å². The second kappa shape index (κ2) is 5.37. The number of nitrogens with two attached hydrogens (primary N) is 1. The van der Waals surface area contributed by atoms with Crippen molar-refractivity contribution in [2.45, 2.75) is 0 Å². The highest BCUT2D eigenvalue weighted by molar-refractivity contribution is 9.10. The molecule has 4 nitrogen and oxygen atoms in total. The van der Waals surface area contributed by atoms with Crippen molar-refractivity contribution in [2.75, 3.05) is 11.1 Å². The maximum Gasteiger partial charge on any atom is 0.256 e. The Hall–Kier alpha value is -1.59. The van der Waals surface area contributed by atoms with E-state index in [1.54, 1.807) is 30.5 Å². The predicted molar refractivity (Wildman–Crippen MR) is 75.8 cm³/mol. The molecule has 1 aromatic carbocycles. The average Bonchev–Trinajstić information content (AvgIpc) is 2.35. The van der Waals surface area contributed by atoms with Crippen LogP contribution in [0.25, 0.3) is 0 Å². The fourth-order valence-electron chi connectivity index (χ4n) is 1.34. The number of carbonyl (C=O) groups is 1. The molecule has 0 unspecified atom stereocenters. The van der Waals surface area contributed by atoms with E-state index in [1.807, 2.05) is 0 Å². The first-order chi connectivity index (χ1) is 8.58. The van der Waals surface area contributed by atoms with Crippen molar-refractivity contribution in [1.29, 1.82) is 0 Å².